The van der Waals surface area contributed by atoms with E-state index < -0.39 is 0 Å². The molecular formula is C16H18N6OS. The van der Waals surface area contributed by atoms with Crippen LogP contribution in [0.3, 0.4) is 0 Å². The van der Waals surface area contributed by atoms with Crippen molar-refractivity contribution in [3.8, 4) is 0 Å². The number of aromatic nitrogens is 5. The Morgan fingerprint density at radius 1 is 1.33 bits per heavy atom. The van der Waals surface area contributed by atoms with E-state index in [-0.39, 0.29) is 11.8 Å². The highest BCUT2D eigenvalue weighted by molar-refractivity contribution is 7.15. The maximum atomic E-state index is 12.2. The molecule has 3 rings (SSSR count). The number of hydrogen-bond donors (Lipinski definition) is 1. The van der Waals surface area contributed by atoms with Crippen LogP contribution in [0, 0.1) is 12.8 Å². The summed E-state index contributed by atoms with van der Waals surface area (Å²) in [5.41, 5.74) is 2.44. The monoisotopic (exact) mass is 342 g/mol. The highest BCUT2D eigenvalue weighted by atomic mass is 32.1. The van der Waals surface area contributed by atoms with E-state index in [1.54, 1.807) is 11.0 Å². The summed E-state index contributed by atoms with van der Waals surface area (Å²) in [6.07, 6.45) is 3.76. The largest absolute Gasteiger partial charge is 0.300 e. The van der Waals surface area contributed by atoms with E-state index in [2.05, 4.69) is 44.7 Å². The van der Waals surface area contributed by atoms with E-state index in [1.807, 2.05) is 19.1 Å². The van der Waals surface area contributed by atoms with Gasteiger partial charge in [-0.15, -0.1) is 10.2 Å². The predicted octanol–water partition coefficient (Wildman–Crippen LogP) is 2.30. The van der Waals surface area contributed by atoms with Crippen molar-refractivity contribution >= 4 is 22.4 Å². The maximum Gasteiger partial charge on any atom is 0.230 e. The molecule has 0 fully saturated rings. The highest BCUT2D eigenvalue weighted by Gasteiger charge is 2.16. The van der Waals surface area contributed by atoms with Crippen LogP contribution in [0.1, 0.15) is 23.1 Å². The van der Waals surface area contributed by atoms with Gasteiger partial charge in [0.1, 0.15) is 17.7 Å². The van der Waals surface area contributed by atoms with Gasteiger partial charge in [0.25, 0.3) is 0 Å². The summed E-state index contributed by atoms with van der Waals surface area (Å²) < 4.78 is 1.63. The van der Waals surface area contributed by atoms with Gasteiger partial charge in [-0.05, 0) is 18.1 Å². The number of amides is 1. The minimum absolute atomic E-state index is 0.107. The van der Waals surface area contributed by atoms with Crippen LogP contribution in [-0.2, 0) is 17.8 Å². The van der Waals surface area contributed by atoms with Gasteiger partial charge in [-0.25, -0.2) is 4.98 Å². The van der Waals surface area contributed by atoms with Crippen LogP contribution < -0.4 is 5.32 Å². The molecule has 124 valence electrons. The molecule has 0 saturated heterocycles. The van der Waals surface area contributed by atoms with Gasteiger partial charge in [0, 0.05) is 6.42 Å². The Balaban J connectivity index is 1.59. The SMILES string of the molecule is Cc1ccccc1Cc1nnc(NC(=O)[C@@H](C)Cn2cncn2)s1. The quantitative estimate of drug-likeness (QED) is 0.743. The molecule has 0 aliphatic rings. The van der Waals surface area contributed by atoms with E-state index in [0.29, 0.717) is 18.1 Å². The molecule has 7 nitrogen and oxygen atoms in total. The minimum Gasteiger partial charge on any atom is -0.300 e. The average Bonchev–Trinajstić information content (AvgIpc) is 3.22. The minimum atomic E-state index is -0.240. The first-order valence-corrected chi connectivity index (χ1v) is 8.43. The second-order valence-corrected chi connectivity index (χ2v) is 6.67. The van der Waals surface area contributed by atoms with Crippen molar-refractivity contribution in [2.45, 2.75) is 26.8 Å². The van der Waals surface area contributed by atoms with E-state index in [9.17, 15) is 4.79 Å². The van der Waals surface area contributed by atoms with Gasteiger partial charge in [-0.3, -0.25) is 9.48 Å². The van der Waals surface area contributed by atoms with Crippen LogP contribution in [0.4, 0.5) is 5.13 Å². The summed E-state index contributed by atoms with van der Waals surface area (Å²) in [6, 6.07) is 8.18. The second kappa shape index (κ2) is 7.31. The number of anilines is 1. The fourth-order valence-electron chi connectivity index (χ4n) is 2.27. The van der Waals surface area contributed by atoms with Crippen molar-refractivity contribution < 1.29 is 4.79 Å². The van der Waals surface area contributed by atoms with Crippen LogP contribution in [-0.4, -0.2) is 30.9 Å². The molecule has 0 saturated carbocycles. The zero-order valence-corrected chi connectivity index (χ0v) is 14.3. The number of nitrogens with zero attached hydrogens (tertiary/aromatic N) is 5. The molecule has 2 aromatic heterocycles. The summed E-state index contributed by atoms with van der Waals surface area (Å²) in [5.74, 6) is -0.348. The molecular weight excluding hydrogens is 324 g/mol. The molecule has 3 aromatic rings. The number of carbonyl (C=O) groups excluding carboxylic acids is 1. The first-order valence-electron chi connectivity index (χ1n) is 7.62. The van der Waals surface area contributed by atoms with E-state index in [1.165, 1.54) is 28.8 Å². The number of benzene rings is 1. The van der Waals surface area contributed by atoms with Gasteiger partial charge in [0.05, 0.1) is 12.5 Å². The van der Waals surface area contributed by atoms with Gasteiger partial charge < -0.3 is 5.32 Å². The molecule has 1 aromatic carbocycles. The zero-order chi connectivity index (χ0) is 16.9. The molecule has 8 heteroatoms. The second-order valence-electron chi connectivity index (χ2n) is 5.61. The average molecular weight is 342 g/mol. The summed E-state index contributed by atoms with van der Waals surface area (Å²) in [5, 5.41) is 16.5. The van der Waals surface area contributed by atoms with Gasteiger partial charge in [-0.1, -0.05) is 42.5 Å². The molecule has 0 aliphatic heterocycles. The molecule has 1 atom stereocenters. The lowest BCUT2D eigenvalue weighted by Gasteiger charge is -2.09. The Kier molecular flexibility index (Phi) is 4.95. The van der Waals surface area contributed by atoms with Gasteiger partial charge in [0.2, 0.25) is 11.0 Å². The van der Waals surface area contributed by atoms with Crippen LogP contribution in [0.25, 0.3) is 0 Å². The van der Waals surface area contributed by atoms with Crippen LogP contribution in [0.5, 0.6) is 0 Å². The van der Waals surface area contributed by atoms with Crippen molar-refractivity contribution in [3.63, 3.8) is 0 Å². The highest BCUT2D eigenvalue weighted by Crippen LogP contribution is 2.20. The third-order valence-corrected chi connectivity index (χ3v) is 4.51. The Morgan fingerprint density at radius 3 is 2.92 bits per heavy atom. The molecule has 0 unspecified atom stereocenters. The Morgan fingerprint density at radius 2 is 2.17 bits per heavy atom. The molecule has 1 amide bonds. The summed E-state index contributed by atoms with van der Waals surface area (Å²) in [4.78, 5) is 16.1. The number of hydrogen-bond acceptors (Lipinski definition) is 6. The van der Waals surface area contributed by atoms with Crippen LogP contribution in [0.15, 0.2) is 36.9 Å². The predicted molar refractivity (Wildman–Crippen MR) is 91.7 cm³/mol. The lowest BCUT2D eigenvalue weighted by Crippen LogP contribution is -2.24. The van der Waals surface area contributed by atoms with Crippen LogP contribution >= 0.6 is 11.3 Å². The third-order valence-electron chi connectivity index (χ3n) is 3.67. The van der Waals surface area contributed by atoms with E-state index >= 15 is 0 Å². The van der Waals surface area contributed by atoms with Gasteiger partial charge in [0.15, 0.2) is 0 Å². The van der Waals surface area contributed by atoms with Crippen molar-refractivity contribution in [1.29, 1.82) is 0 Å². The number of nitrogens with one attached hydrogen (secondary N) is 1. The lowest BCUT2D eigenvalue weighted by molar-refractivity contribution is -0.119. The van der Waals surface area contributed by atoms with E-state index in [4.69, 9.17) is 0 Å². The Labute approximate surface area is 143 Å². The fourth-order valence-corrected chi connectivity index (χ4v) is 3.03. The number of aryl methyl sites for hydroxylation is 1. The zero-order valence-electron chi connectivity index (χ0n) is 13.5. The van der Waals surface area contributed by atoms with Crippen molar-refractivity contribution in [2.24, 2.45) is 5.92 Å². The van der Waals surface area contributed by atoms with Gasteiger partial charge >= 0.3 is 0 Å². The number of carbonyl (C=O) groups is 1. The van der Waals surface area contributed by atoms with Crippen molar-refractivity contribution in [1.82, 2.24) is 25.0 Å². The fraction of sp³-hybridized carbons (Fsp3) is 0.312. The lowest BCUT2D eigenvalue weighted by atomic mass is 10.1. The summed E-state index contributed by atoms with van der Waals surface area (Å²) in [7, 11) is 0. The van der Waals surface area contributed by atoms with Crippen molar-refractivity contribution in [2.75, 3.05) is 5.32 Å². The molecule has 0 spiro atoms. The normalized spacial score (nSPS) is 12.1. The third kappa shape index (κ3) is 4.02. The smallest absolute Gasteiger partial charge is 0.230 e. The standard InChI is InChI=1S/C16H18N6OS/c1-11-5-3-4-6-13(11)7-14-20-21-16(24-14)19-15(23)12(2)8-22-10-17-9-18-22/h3-6,9-10,12H,7-8H2,1-2H3,(H,19,21,23)/t12-/m0/s1. The van der Waals surface area contributed by atoms with E-state index in [0.717, 1.165) is 5.01 Å². The first-order chi connectivity index (χ1) is 11.6. The maximum absolute atomic E-state index is 12.2. The summed E-state index contributed by atoms with van der Waals surface area (Å²) >= 11 is 1.40. The molecule has 0 radical (unpaired) electrons. The van der Waals surface area contributed by atoms with Crippen LogP contribution in [0.2, 0.25) is 0 Å². The molecule has 0 aliphatic carbocycles. The first kappa shape index (κ1) is 16.3. The topological polar surface area (TPSA) is 85.6 Å². The van der Waals surface area contributed by atoms with Gasteiger partial charge in [-0.2, -0.15) is 5.10 Å². The number of rotatable bonds is 6. The molecule has 24 heavy (non-hydrogen) atoms. The summed E-state index contributed by atoms with van der Waals surface area (Å²) in [6.45, 7) is 4.39. The Bertz CT molecular complexity index is 814. The Hall–Kier alpha value is -2.61. The molecule has 0 bridgehead atoms. The molecule has 2 heterocycles. The molecule has 1 N–H and O–H groups in total. The van der Waals surface area contributed by atoms with Crippen molar-refractivity contribution in [3.05, 3.63) is 53.1 Å².